The summed E-state index contributed by atoms with van der Waals surface area (Å²) in [5.41, 5.74) is 2.69. The molecule has 0 bridgehead atoms. The molecule has 7 heteroatoms. The molecule has 2 heterocycles. The number of amides is 1. The van der Waals surface area contributed by atoms with Gasteiger partial charge in [0.15, 0.2) is 0 Å². The van der Waals surface area contributed by atoms with Gasteiger partial charge < -0.3 is 14.6 Å². The van der Waals surface area contributed by atoms with E-state index < -0.39 is 0 Å². The zero-order valence-electron chi connectivity index (χ0n) is 14.3. The highest BCUT2D eigenvalue weighted by Gasteiger charge is 2.24. The second kappa shape index (κ2) is 6.87. The molecule has 0 radical (unpaired) electrons. The van der Waals surface area contributed by atoms with Gasteiger partial charge in [-0.2, -0.15) is 4.98 Å². The Morgan fingerprint density at radius 1 is 1.15 bits per heavy atom. The van der Waals surface area contributed by atoms with Crippen molar-refractivity contribution in [2.45, 2.75) is 13.0 Å². The molecule has 132 valence electrons. The molecule has 4 rings (SSSR count). The van der Waals surface area contributed by atoms with Gasteiger partial charge in [-0.1, -0.05) is 30.3 Å². The number of rotatable bonds is 5. The number of hydrogen-bond acceptors (Lipinski definition) is 6. The van der Waals surface area contributed by atoms with Gasteiger partial charge in [-0.15, -0.1) is 0 Å². The van der Waals surface area contributed by atoms with Gasteiger partial charge in [0, 0.05) is 11.3 Å². The molecule has 7 nitrogen and oxygen atoms in total. The van der Waals surface area contributed by atoms with Crippen LogP contribution in [0.2, 0.25) is 0 Å². The molecule has 1 amide bonds. The van der Waals surface area contributed by atoms with E-state index in [0.717, 1.165) is 16.8 Å². The summed E-state index contributed by atoms with van der Waals surface area (Å²) in [6.07, 6.45) is -0.312. The number of hydrogen-bond donors (Lipinski definition) is 1. The molecule has 1 unspecified atom stereocenters. The van der Waals surface area contributed by atoms with Crippen molar-refractivity contribution in [2.75, 3.05) is 23.4 Å². The Kier molecular flexibility index (Phi) is 4.27. The van der Waals surface area contributed by atoms with Crippen LogP contribution in [0.15, 0.2) is 59.1 Å². The molecule has 2 aromatic carbocycles. The molecule has 1 fully saturated rings. The maximum Gasteiger partial charge on any atom is 0.414 e. The first-order valence-electron chi connectivity index (χ1n) is 8.40. The van der Waals surface area contributed by atoms with E-state index in [9.17, 15) is 4.79 Å². The predicted molar refractivity (Wildman–Crippen MR) is 96.9 cm³/mol. The summed E-state index contributed by atoms with van der Waals surface area (Å²) in [4.78, 5) is 17.7. The highest BCUT2D eigenvalue weighted by molar-refractivity contribution is 5.89. The molecule has 3 aromatic rings. The lowest BCUT2D eigenvalue weighted by Gasteiger charge is -2.17. The van der Waals surface area contributed by atoms with Gasteiger partial charge in [0.1, 0.15) is 6.61 Å². The Labute approximate surface area is 150 Å². The minimum atomic E-state index is -0.312. The average molecular weight is 350 g/mol. The van der Waals surface area contributed by atoms with Gasteiger partial charge in [0.2, 0.25) is 0 Å². The van der Waals surface area contributed by atoms with Crippen molar-refractivity contribution < 1.29 is 14.1 Å². The third-order valence-electron chi connectivity index (χ3n) is 4.24. The van der Waals surface area contributed by atoms with E-state index in [2.05, 4.69) is 15.5 Å². The van der Waals surface area contributed by atoms with E-state index in [1.165, 1.54) is 0 Å². The van der Waals surface area contributed by atoms with Crippen LogP contribution in [0, 0.1) is 0 Å². The Bertz CT molecular complexity index is 910. The number of nitrogens with zero attached hydrogens (tertiary/aromatic N) is 3. The number of aromatic nitrogens is 2. The molecule has 26 heavy (non-hydrogen) atoms. The summed E-state index contributed by atoms with van der Waals surface area (Å²) in [6.45, 7) is 2.98. The first-order valence-corrected chi connectivity index (χ1v) is 8.40. The summed E-state index contributed by atoms with van der Waals surface area (Å²) in [6, 6.07) is 17.3. The van der Waals surface area contributed by atoms with Gasteiger partial charge in [-0.25, -0.2) is 4.79 Å². The van der Waals surface area contributed by atoms with Crippen molar-refractivity contribution in [3.05, 3.63) is 60.2 Å². The standard InChI is InChI=1S/C19H18N4O3/c1-13(15-8-5-9-16(12-15)23-10-11-25-19(23)24)20-18-21-17(26-22-18)14-6-3-2-4-7-14/h2-9,12-13H,10-11H2,1H3,(H,20,22). The third-order valence-corrected chi connectivity index (χ3v) is 4.24. The van der Waals surface area contributed by atoms with E-state index in [-0.39, 0.29) is 12.1 Å². The molecule has 1 aliphatic heterocycles. The van der Waals surface area contributed by atoms with E-state index in [1.807, 2.05) is 61.5 Å². The highest BCUT2D eigenvalue weighted by Crippen LogP contribution is 2.25. The molecule has 1 N–H and O–H groups in total. The van der Waals surface area contributed by atoms with E-state index in [4.69, 9.17) is 9.26 Å². The summed E-state index contributed by atoms with van der Waals surface area (Å²) < 4.78 is 10.3. The summed E-state index contributed by atoms with van der Waals surface area (Å²) in [5, 5.41) is 7.21. The normalized spacial score (nSPS) is 15.0. The minimum Gasteiger partial charge on any atom is -0.447 e. The van der Waals surface area contributed by atoms with Gasteiger partial charge in [-0.05, 0) is 41.9 Å². The summed E-state index contributed by atoms with van der Waals surface area (Å²) in [5.74, 6) is 0.885. The molecule has 1 atom stereocenters. The van der Waals surface area contributed by atoms with Crippen LogP contribution in [0.1, 0.15) is 18.5 Å². The third kappa shape index (κ3) is 3.23. The van der Waals surface area contributed by atoms with Crippen LogP contribution in [0.25, 0.3) is 11.5 Å². The van der Waals surface area contributed by atoms with Crippen molar-refractivity contribution in [3.63, 3.8) is 0 Å². The Hall–Kier alpha value is -3.35. The van der Waals surface area contributed by atoms with Crippen LogP contribution < -0.4 is 10.2 Å². The van der Waals surface area contributed by atoms with Crippen molar-refractivity contribution in [1.29, 1.82) is 0 Å². The second-order valence-corrected chi connectivity index (χ2v) is 6.02. The number of ether oxygens (including phenoxy) is 1. The van der Waals surface area contributed by atoms with Crippen molar-refractivity contribution in [2.24, 2.45) is 0 Å². The second-order valence-electron chi connectivity index (χ2n) is 6.02. The van der Waals surface area contributed by atoms with Crippen molar-refractivity contribution in [3.8, 4) is 11.5 Å². The Balaban J connectivity index is 1.49. The van der Waals surface area contributed by atoms with Crippen LogP contribution in [0.3, 0.4) is 0 Å². The Morgan fingerprint density at radius 2 is 2.00 bits per heavy atom. The largest absolute Gasteiger partial charge is 0.447 e. The molecule has 0 saturated carbocycles. The van der Waals surface area contributed by atoms with Crippen molar-refractivity contribution >= 4 is 17.7 Å². The van der Waals surface area contributed by atoms with Gasteiger partial charge in [0.05, 0.1) is 12.6 Å². The lowest BCUT2D eigenvalue weighted by molar-refractivity contribution is 0.181. The number of cyclic esters (lactones) is 1. The predicted octanol–water partition coefficient (Wildman–Crippen LogP) is 3.87. The number of benzene rings is 2. The number of anilines is 2. The SMILES string of the molecule is CC(Nc1noc(-c2ccccc2)n1)c1cccc(N2CCOC2=O)c1. The average Bonchev–Trinajstić information content (AvgIpc) is 3.31. The number of carbonyl (C=O) groups excluding carboxylic acids is 1. The van der Waals surface area contributed by atoms with E-state index >= 15 is 0 Å². The number of nitrogens with one attached hydrogen (secondary N) is 1. The summed E-state index contributed by atoms with van der Waals surface area (Å²) in [7, 11) is 0. The minimum absolute atomic E-state index is 0.0604. The van der Waals surface area contributed by atoms with E-state index in [1.54, 1.807) is 4.90 Å². The lowest BCUT2D eigenvalue weighted by atomic mass is 10.1. The smallest absolute Gasteiger partial charge is 0.414 e. The maximum atomic E-state index is 11.7. The van der Waals surface area contributed by atoms with Gasteiger partial charge >= 0.3 is 6.09 Å². The van der Waals surface area contributed by atoms with Crippen LogP contribution in [0.5, 0.6) is 0 Å². The van der Waals surface area contributed by atoms with Crippen LogP contribution in [-0.2, 0) is 4.74 Å². The van der Waals surface area contributed by atoms with Crippen LogP contribution >= 0.6 is 0 Å². The fourth-order valence-corrected chi connectivity index (χ4v) is 2.85. The van der Waals surface area contributed by atoms with Gasteiger partial charge in [0.25, 0.3) is 11.8 Å². The first-order chi connectivity index (χ1) is 12.7. The molecule has 0 spiro atoms. The van der Waals surface area contributed by atoms with Crippen LogP contribution in [0.4, 0.5) is 16.4 Å². The number of carbonyl (C=O) groups is 1. The fraction of sp³-hybridized carbons (Fsp3) is 0.211. The fourth-order valence-electron chi connectivity index (χ4n) is 2.85. The highest BCUT2D eigenvalue weighted by atomic mass is 16.6. The molecular formula is C19H18N4O3. The first kappa shape index (κ1) is 16.1. The molecule has 1 aliphatic rings. The quantitative estimate of drug-likeness (QED) is 0.752. The zero-order chi connectivity index (χ0) is 17.9. The summed E-state index contributed by atoms with van der Waals surface area (Å²) >= 11 is 0. The van der Waals surface area contributed by atoms with Crippen molar-refractivity contribution in [1.82, 2.24) is 10.1 Å². The van der Waals surface area contributed by atoms with E-state index in [0.29, 0.717) is 25.0 Å². The molecular weight excluding hydrogens is 332 g/mol. The lowest BCUT2D eigenvalue weighted by Crippen LogP contribution is -2.23. The monoisotopic (exact) mass is 350 g/mol. The molecule has 1 aromatic heterocycles. The molecule has 0 aliphatic carbocycles. The molecule has 1 saturated heterocycles. The van der Waals surface area contributed by atoms with Gasteiger partial charge in [-0.3, -0.25) is 4.90 Å². The maximum absolute atomic E-state index is 11.7. The topological polar surface area (TPSA) is 80.5 Å². The zero-order valence-corrected chi connectivity index (χ0v) is 14.3. The van der Waals surface area contributed by atoms with Crippen LogP contribution in [-0.4, -0.2) is 29.4 Å². The Morgan fingerprint density at radius 3 is 2.77 bits per heavy atom.